The number of para-hydroxylation sites is 1. The summed E-state index contributed by atoms with van der Waals surface area (Å²) in [4.78, 5) is 26.2. The van der Waals surface area contributed by atoms with E-state index in [-0.39, 0.29) is 18.4 Å². The molecule has 0 saturated carbocycles. The fourth-order valence-electron chi connectivity index (χ4n) is 3.63. The summed E-state index contributed by atoms with van der Waals surface area (Å²) in [5.74, 6) is 0.401. The van der Waals surface area contributed by atoms with Gasteiger partial charge in [0.2, 0.25) is 5.91 Å². The summed E-state index contributed by atoms with van der Waals surface area (Å²) in [6.07, 6.45) is 1.44. The van der Waals surface area contributed by atoms with Crippen molar-refractivity contribution in [2.75, 3.05) is 23.4 Å². The molecule has 1 aliphatic rings. The number of carbonyl (C=O) groups excluding carboxylic acids is 2. The molecule has 1 aromatic heterocycles. The van der Waals surface area contributed by atoms with E-state index in [9.17, 15) is 9.59 Å². The predicted octanol–water partition coefficient (Wildman–Crippen LogP) is 3.63. The van der Waals surface area contributed by atoms with E-state index in [1.165, 1.54) is 0 Å². The molecular weight excluding hydrogens is 380 g/mol. The van der Waals surface area contributed by atoms with Gasteiger partial charge in [0.1, 0.15) is 5.75 Å². The third kappa shape index (κ3) is 4.05. The van der Waals surface area contributed by atoms with Gasteiger partial charge in [0.25, 0.3) is 5.91 Å². The molecule has 7 heteroatoms. The zero-order valence-corrected chi connectivity index (χ0v) is 17.1. The maximum atomic E-state index is 12.5. The maximum Gasteiger partial charge on any atom is 0.262 e. The summed E-state index contributed by atoms with van der Waals surface area (Å²) in [5, 5.41) is 7.44. The second-order valence-electron chi connectivity index (χ2n) is 7.28. The molecule has 1 aliphatic heterocycles. The quantitative estimate of drug-likeness (QED) is 0.681. The number of rotatable bonds is 6. The molecule has 1 N–H and O–H groups in total. The van der Waals surface area contributed by atoms with E-state index in [0.29, 0.717) is 24.4 Å². The van der Waals surface area contributed by atoms with Gasteiger partial charge in [-0.15, -0.1) is 0 Å². The van der Waals surface area contributed by atoms with Crippen LogP contribution < -0.4 is 15.0 Å². The van der Waals surface area contributed by atoms with E-state index in [0.717, 1.165) is 29.2 Å². The van der Waals surface area contributed by atoms with Gasteiger partial charge in [-0.3, -0.25) is 9.59 Å². The van der Waals surface area contributed by atoms with Crippen molar-refractivity contribution in [3.8, 4) is 11.4 Å². The number of nitrogens with zero attached hydrogens (tertiary/aromatic N) is 3. The first-order valence-corrected chi connectivity index (χ1v) is 9.97. The summed E-state index contributed by atoms with van der Waals surface area (Å²) >= 11 is 0. The molecule has 0 aliphatic carbocycles. The number of amides is 2. The average Bonchev–Trinajstić information content (AvgIpc) is 3.31. The molecule has 0 bridgehead atoms. The van der Waals surface area contributed by atoms with Crippen molar-refractivity contribution in [1.82, 2.24) is 9.78 Å². The second kappa shape index (κ2) is 8.41. The van der Waals surface area contributed by atoms with Gasteiger partial charge in [-0.2, -0.15) is 5.10 Å². The first-order valence-electron chi connectivity index (χ1n) is 9.97. The minimum Gasteiger partial charge on any atom is -0.484 e. The number of anilines is 2. The molecule has 2 heterocycles. The van der Waals surface area contributed by atoms with E-state index in [1.807, 2.05) is 61.0 Å². The monoisotopic (exact) mass is 404 g/mol. The average molecular weight is 404 g/mol. The maximum absolute atomic E-state index is 12.5. The van der Waals surface area contributed by atoms with Crippen LogP contribution in [0.4, 0.5) is 11.4 Å². The van der Waals surface area contributed by atoms with Crippen LogP contribution >= 0.6 is 0 Å². The Labute approximate surface area is 175 Å². The number of carbonyl (C=O) groups is 2. The Balaban J connectivity index is 1.41. The van der Waals surface area contributed by atoms with E-state index in [4.69, 9.17) is 4.74 Å². The summed E-state index contributed by atoms with van der Waals surface area (Å²) in [6.45, 7) is 4.36. The van der Waals surface area contributed by atoms with Gasteiger partial charge in [-0.25, -0.2) is 4.68 Å². The lowest BCUT2D eigenvalue weighted by molar-refractivity contribution is -0.118. The molecule has 4 rings (SSSR count). The van der Waals surface area contributed by atoms with Crippen molar-refractivity contribution in [2.45, 2.75) is 26.7 Å². The molecule has 0 spiro atoms. The molecule has 0 atom stereocenters. The molecule has 3 aromatic rings. The normalized spacial score (nSPS) is 13.5. The SMILES string of the molecule is Cc1nn(-c2ccccc2)c(C)c1NC(=O)COc1cccc(N2CCCC2=O)c1. The highest BCUT2D eigenvalue weighted by Crippen LogP contribution is 2.26. The summed E-state index contributed by atoms with van der Waals surface area (Å²) < 4.78 is 7.48. The zero-order chi connectivity index (χ0) is 21.1. The molecular formula is C23H24N4O3. The van der Waals surface area contributed by atoms with E-state index in [2.05, 4.69) is 10.4 Å². The highest BCUT2D eigenvalue weighted by atomic mass is 16.5. The van der Waals surface area contributed by atoms with Gasteiger partial charge < -0.3 is 15.0 Å². The summed E-state index contributed by atoms with van der Waals surface area (Å²) in [6, 6.07) is 17.0. The van der Waals surface area contributed by atoms with Crippen molar-refractivity contribution in [2.24, 2.45) is 0 Å². The molecule has 1 saturated heterocycles. The highest BCUT2D eigenvalue weighted by Gasteiger charge is 2.22. The van der Waals surface area contributed by atoms with Gasteiger partial charge >= 0.3 is 0 Å². The number of nitrogens with one attached hydrogen (secondary N) is 1. The Kier molecular flexibility index (Phi) is 5.52. The number of hydrogen-bond donors (Lipinski definition) is 1. The third-order valence-corrected chi connectivity index (χ3v) is 5.13. The Hall–Kier alpha value is -3.61. The lowest BCUT2D eigenvalue weighted by Crippen LogP contribution is -2.24. The van der Waals surface area contributed by atoms with Gasteiger partial charge in [0.15, 0.2) is 6.61 Å². The fraction of sp³-hybridized carbons (Fsp3) is 0.261. The minimum atomic E-state index is -0.267. The van der Waals surface area contributed by atoms with Crippen molar-refractivity contribution >= 4 is 23.2 Å². The largest absolute Gasteiger partial charge is 0.484 e. The van der Waals surface area contributed by atoms with Crippen LogP contribution in [-0.2, 0) is 9.59 Å². The molecule has 2 amide bonds. The first-order chi connectivity index (χ1) is 14.5. The van der Waals surface area contributed by atoms with Crippen LogP contribution in [0.15, 0.2) is 54.6 Å². The second-order valence-corrected chi connectivity index (χ2v) is 7.28. The Morgan fingerprint density at radius 3 is 2.60 bits per heavy atom. The van der Waals surface area contributed by atoms with Crippen LogP contribution in [0.1, 0.15) is 24.2 Å². The van der Waals surface area contributed by atoms with Crippen molar-refractivity contribution in [3.05, 3.63) is 66.0 Å². The highest BCUT2D eigenvalue weighted by molar-refractivity contribution is 5.95. The van der Waals surface area contributed by atoms with Crippen LogP contribution in [-0.4, -0.2) is 34.7 Å². The molecule has 7 nitrogen and oxygen atoms in total. The van der Waals surface area contributed by atoms with Crippen LogP contribution in [0.3, 0.4) is 0 Å². The predicted molar refractivity (Wildman–Crippen MR) is 115 cm³/mol. The van der Waals surface area contributed by atoms with Gasteiger partial charge in [0.05, 0.1) is 22.8 Å². The Bertz CT molecular complexity index is 1080. The van der Waals surface area contributed by atoms with Gasteiger partial charge in [-0.1, -0.05) is 24.3 Å². The molecule has 30 heavy (non-hydrogen) atoms. The zero-order valence-electron chi connectivity index (χ0n) is 17.1. The Morgan fingerprint density at radius 2 is 1.87 bits per heavy atom. The standard InChI is InChI=1S/C23H24N4O3/c1-16-23(17(2)27(25-16)18-8-4-3-5-9-18)24-21(28)15-30-20-11-6-10-19(14-20)26-13-7-12-22(26)29/h3-6,8-11,14H,7,12-13,15H2,1-2H3,(H,24,28). The lowest BCUT2D eigenvalue weighted by Gasteiger charge is -2.16. The molecule has 0 radical (unpaired) electrons. The van der Waals surface area contributed by atoms with Gasteiger partial charge in [0, 0.05) is 24.7 Å². The topological polar surface area (TPSA) is 76.5 Å². The van der Waals surface area contributed by atoms with Crippen LogP contribution in [0.5, 0.6) is 5.75 Å². The van der Waals surface area contributed by atoms with Crippen molar-refractivity contribution < 1.29 is 14.3 Å². The third-order valence-electron chi connectivity index (χ3n) is 5.13. The number of benzene rings is 2. The van der Waals surface area contributed by atoms with Crippen LogP contribution in [0, 0.1) is 13.8 Å². The summed E-state index contributed by atoms with van der Waals surface area (Å²) in [5.41, 5.74) is 4.00. The minimum absolute atomic E-state index is 0.117. The molecule has 154 valence electrons. The Morgan fingerprint density at radius 1 is 1.10 bits per heavy atom. The number of hydrogen-bond acceptors (Lipinski definition) is 4. The number of ether oxygens (including phenoxy) is 1. The molecule has 1 fully saturated rings. The van der Waals surface area contributed by atoms with Gasteiger partial charge in [-0.05, 0) is 44.5 Å². The van der Waals surface area contributed by atoms with Crippen LogP contribution in [0.2, 0.25) is 0 Å². The van der Waals surface area contributed by atoms with E-state index in [1.54, 1.807) is 17.0 Å². The summed E-state index contributed by atoms with van der Waals surface area (Å²) in [7, 11) is 0. The fourth-order valence-corrected chi connectivity index (χ4v) is 3.63. The lowest BCUT2D eigenvalue weighted by atomic mass is 10.2. The van der Waals surface area contributed by atoms with Crippen LogP contribution in [0.25, 0.3) is 5.69 Å². The smallest absolute Gasteiger partial charge is 0.262 e. The number of aromatic nitrogens is 2. The van der Waals surface area contributed by atoms with E-state index >= 15 is 0 Å². The molecule has 0 unspecified atom stereocenters. The van der Waals surface area contributed by atoms with Crippen molar-refractivity contribution in [1.29, 1.82) is 0 Å². The number of aryl methyl sites for hydroxylation is 1. The van der Waals surface area contributed by atoms with E-state index < -0.39 is 0 Å². The van der Waals surface area contributed by atoms with Crippen molar-refractivity contribution in [3.63, 3.8) is 0 Å². The first kappa shape index (κ1) is 19.7. The molecule has 2 aromatic carbocycles.